The summed E-state index contributed by atoms with van der Waals surface area (Å²) in [6.45, 7) is 5.17. The van der Waals surface area contributed by atoms with Gasteiger partial charge in [0.1, 0.15) is 0 Å². The molecule has 222 valence electrons. The number of fused-ring (bicyclic) bond motifs is 6. The average Bonchev–Trinajstić information content (AvgIpc) is 3.37. The van der Waals surface area contributed by atoms with Crippen molar-refractivity contribution in [1.29, 1.82) is 0 Å². The molecule has 0 saturated carbocycles. The van der Waals surface area contributed by atoms with Crippen LogP contribution in [0.4, 0.5) is 0 Å². The van der Waals surface area contributed by atoms with Crippen LogP contribution >= 0.6 is 7.82 Å². The van der Waals surface area contributed by atoms with E-state index in [9.17, 15) is 9.90 Å². The number of ether oxygens (including phenoxy) is 3. The molecular weight excluding hydrogens is 553 g/mol. The number of aromatic hydroxyl groups is 1. The highest BCUT2D eigenvalue weighted by Crippen LogP contribution is 2.43. The molecule has 1 unspecified atom stereocenters. The molecule has 0 amide bonds. The van der Waals surface area contributed by atoms with Gasteiger partial charge in [-0.1, -0.05) is 13.8 Å². The molecule has 2 aromatic carbocycles. The molecular formula is C29H36NO10P. The largest absolute Gasteiger partial charge is 0.756 e. The van der Waals surface area contributed by atoms with Gasteiger partial charge in [-0.15, -0.1) is 0 Å². The van der Waals surface area contributed by atoms with Gasteiger partial charge < -0.3 is 39.1 Å². The van der Waals surface area contributed by atoms with Crippen molar-refractivity contribution in [3.8, 4) is 34.3 Å². The van der Waals surface area contributed by atoms with Crippen LogP contribution in [-0.4, -0.2) is 39.4 Å². The number of aromatic nitrogens is 1. The summed E-state index contributed by atoms with van der Waals surface area (Å²) in [7, 11) is -4.89. The lowest BCUT2D eigenvalue weighted by Gasteiger charge is -2.24. The van der Waals surface area contributed by atoms with Crippen LogP contribution in [0.3, 0.4) is 0 Å². The van der Waals surface area contributed by atoms with Gasteiger partial charge in [-0.3, -0.25) is 9.36 Å². The zero-order valence-electron chi connectivity index (χ0n) is 23.1. The van der Waals surface area contributed by atoms with E-state index >= 15 is 0 Å². The highest BCUT2D eigenvalue weighted by Gasteiger charge is 2.34. The predicted octanol–water partition coefficient (Wildman–Crippen LogP) is 4.23. The maximum absolute atomic E-state index is 11.0. The number of benzene rings is 2. The number of pyridine rings is 1. The second-order valence-corrected chi connectivity index (χ2v) is 11.7. The third-order valence-corrected chi connectivity index (χ3v) is 7.12. The molecule has 0 bridgehead atoms. The van der Waals surface area contributed by atoms with Crippen LogP contribution in [0.25, 0.3) is 22.0 Å². The van der Waals surface area contributed by atoms with E-state index < -0.39 is 13.8 Å². The van der Waals surface area contributed by atoms with Crippen molar-refractivity contribution in [2.45, 2.75) is 64.8 Å². The molecule has 41 heavy (non-hydrogen) atoms. The zero-order valence-corrected chi connectivity index (χ0v) is 24.0. The lowest BCUT2D eigenvalue weighted by molar-refractivity contribution is -0.714. The molecule has 3 aromatic rings. The molecule has 5 rings (SSSR count). The highest BCUT2D eigenvalue weighted by molar-refractivity contribution is 7.43. The van der Waals surface area contributed by atoms with E-state index in [-0.39, 0.29) is 25.0 Å². The molecule has 1 atom stereocenters. The summed E-state index contributed by atoms with van der Waals surface area (Å²) >= 11 is 0. The van der Waals surface area contributed by atoms with Crippen LogP contribution in [0.5, 0.6) is 23.0 Å². The summed E-state index contributed by atoms with van der Waals surface area (Å²) in [6.07, 6.45) is 7.38. The highest BCUT2D eigenvalue weighted by atomic mass is 31.2. The van der Waals surface area contributed by atoms with E-state index in [0.29, 0.717) is 24.7 Å². The van der Waals surface area contributed by atoms with E-state index in [1.807, 2.05) is 24.3 Å². The molecule has 12 heteroatoms. The minimum absolute atomic E-state index is 0.140. The lowest BCUT2D eigenvalue weighted by atomic mass is 9.89. The lowest BCUT2D eigenvalue weighted by Crippen LogP contribution is -2.45. The van der Waals surface area contributed by atoms with E-state index in [0.717, 1.165) is 71.2 Å². The van der Waals surface area contributed by atoms with Crippen molar-refractivity contribution in [3.05, 3.63) is 42.1 Å². The van der Waals surface area contributed by atoms with Crippen molar-refractivity contribution >= 4 is 24.6 Å². The van der Waals surface area contributed by atoms with E-state index in [4.69, 9.17) is 38.6 Å². The van der Waals surface area contributed by atoms with Crippen molar-refractivity contribution in [2.24, 2.45) is 5.92 Å². The van der Waals surface area contributed by atoms with Crippen molar-refractivity contribution in [1.82, 2.24) is 0 Å². The van der Waals surface area contributed by atoms with Crippen LogP contribution in [0.15, 0.2) is 36.5 Å². The number of phosphoric acid groups is 1. The van der Waals surface area contributed by atoms with Gasteiger partial charge in [0, 0.05) is 25.3 Å². The normalized spacial score (nSPS) is 15.2. The monoisotopic (exact) mass is 589 g/mol. The first-order chi connectivity index (χ1) is 19.4. The number of rotatable bonds is 10. The Kier molecular flexibility index (Phi) is 9.76. The van der Waals surface area contributed by atoms with Gasteiger partial charge in [-0.05, 0) is 66.8 Å². The third kappa shape index (κ3) is 8.10. The minimum Gasteiger partial charge on any atom is -0.756 e. The van der Waals surface area contributed by atoms with Crippen LogP contribution in [0.1, 0.15) is 64.0 Å². The Morgan fingerprint density at radius 3 is 2.63 bits per heavy atom. The number of unbranched alkanes of at least 4 members (excludes halogenated alkanes) is 1. The SMILES string of the molecule is CC(C)CCCOc1cc2c(cc1O)CC(CCCCC(=O)O)[n+]1cc3c4c(ccc3cc1-2)OCO4.O=P([O-])(O)O. The molecule has 2 aliphatic rings. The Morgan fingerprint density at radius 1 is 1.17 bits per heavy atom. The number of carbonyl (C=O) groups is 1. The third-order valence-electron chi connectivity index (χ3n) is 7.12. The maximum Gasteiger partial charge on any atom is 0.303 e. The van der Waals surface area contributed by atoms with Crippen LogP contribution in [0, 0.1) is 5.92 Å². The summed E-state index contributed by atoms with van der Waals surface area (Å²) in [6, 6.07) is 10.1. The topological polar surface area (TPSA) is 170 Å². The van der Waals surface area contributed by atoms with Gasteiger partial charge in [0.2, 0.25) is 12.5 Å². The molecule has 2 aliphatic heterocycles. The number of nitrogens with zero attached hydrogens (tertiary/aromatic N) is 1. The smallest absolute Gasteiger partial charge is 0.303 e. The first-order valence-electron chi connectivity index (χ1n) is 13.7. The molecule has 3 heterocycles. The Morgan fingerprint density at radius 2 is 1.93 bits per heavy atom. The summed E-state index contributed by atoms with van der Waals surface area (Å²) in [5, 5.41) is 21.8. The zero-order chi connectivity index (χ0) is 29.7. The van der Waals surface area contributed by atoms with E-state index in [2.05, 4.69) is 30.7 Å². The molecule has 0 radical (unpaired) electrons. The molecule has 1 aromatic heterocycles. The summed E-state index contributed by atoms with van der Waals surface area (Å²) < 4.78 is 28.4. The Bertz CT molecular complexity index is 1440. The van der Waals surface area contributed by atoms with Crippen molar-refractivity contribution in [3.63, 3.8) is 0 Å². The van der Waals surface area contributed by atoms with Gasteiger partial charge >= 0.3 is 5.97 Å². The van der Waals surface area contributed by atoms with Crippen molar-refractivity contribution < 1.29 is 53.0 Å². The molecule has 0 spiro atoms. The summed E-state index contributed by atoms with van der Waals surface area (Å²) in [5.74, 6) is 2.04. The molecule has 4 N–H and O–H groups in total. The number of hydrogen-bond donors (Lipinski definition) is 4. The van der Waals surface area contributed by atoms with Gasteiger partial charge in [-0.2, -0.15) is 4.57 Å². The Labute approximate surface area is 238 Å². The van der Waals surface area contributed by atoms with Gasteiger partial charge in [0.25, 0.3) is 7.82 Å². The fourth-order valence-electron chi connectivity index (χ4n) is 5.28. The second-order valence-electron chi connectivity index (χ2n) is 10.7. The van der Waals surface area contributed by atoms with Crippen LogP contribution in [0.2, 0.25) is 0 Å². The van der Waals surface area contributed by atoms with Gasteiger partial charge in [-0.25, -0.2) is 0 Å². The van der Waals surface area contributed by atoms with E-state index in [1.54, 1.807) is 0 Å². The van der Waals surface area contributed by atoms with Crippen molar-refractivity contribution in [2.75, 3.05) is 13.4 Å². The van der Waals surface area contributed by atoms with Gasteiger partial charge in [0.05, 0.1) is 17.6 Å². The number of phenols is 1. The first-order valence-corrected chi connectivity index (χ1v) is 15.2. The van der Waals surface area contributed by atoms with Crippen LogP contribution in [-0.2, 0) is 15.8 Å². The molecule has 0 saturated heterocycles. The number of hydrogen-bond acceptors (Lipinski definition) is 7. The number of aliphatic carboxylic acids is 1. The van der Waals surface area contributed by atoms with Gasteiger partial charge in [0.15, 0.2) is 35.2 Å². The average molecular weight is 590 g/mol. The second kappa shape index (κ2) is 13.1. The number of carboxylic acids is 1. The number of carboxylic acid groups (broad SMARTS) is 1. The fourth-order valence-corrected chi connectivity index (χ4v) is 5.28. The fraction of sp³-hybridized carbons (Fsp3) is 0.448. The number of phenolic OH excluding ortho intramolecular Hbond substituents is 1. The standard InChI is InChI=1S/C29H33NO6.H3O4P/c1-18(2)6-5-11-34-27-15-22-20(14-25(27)31)12-21(7-3-4-8-28(32)33)30-16-23-19(13-24(22)30)9-10-26-29(23)36-17-35-26;1-5(2,3)4/h9-10,13-16,18,21H,3-8,11-12,17H2,1-2H3,(H,32,33);(H3,1,2,3,4). The molecule has 0 fully saturated rings. The Balaban J connectivity index is 0.000000714. The Hall–Kier alpha value is -3.37. The minimum atomic E-state index is -4.89. The first kappa shape index (κ1) is 30.6. The quantitative estimate of drug-likeness (QED) is 0.153. The summed E-state index contributed by atoms with van der Waals surface area (Å²) in [4.78, 5) is 33.9. The maximum atomic E-state index is 11.0. The molecule has 11 nitrogen and oxygen atoms in total. The predicted molar refractivity (Wildman–Crippen MR) is 148 cm³/mol. The van der Waals surface area contributed by atoms with E-state index in [1.165, 1.54) is 0 Å². The summed E-state index contributed by atoms with van der Waals surface area (Å²) in [5.41, 5.74) is 3.18. The van der Waals surface area contributed by atoms with Crippen LogP contribution < -0.4 is 23.7 Å². The molecule has 0 aliphatic carbocycles.